The summed E-state index contributed by atoms with van der Waals surface area (Å²) in [6, 6.07) is 11.4. The summed E-state index contributed by atoms with van der Waals surface area (Å²) < 4.78 is 0. The molecule has 0 unspecified atom stereocenters. The zero-order valence-electron chi connectivity index (χ0n) is 17.9. The normalized spacial score (nSPS) is 11.0. The average Bonchev–Trinajstić information content (AvgIpc) is 2.76. The molecule has 0 bridgehead atoms. The van der Waals surface area contributed by atoms with Crippen LogP contribution in [-0.4, -0.2) is 87.3 Å². The first-order valence-electron chi connectivity index (χ1n) is 9.89. The Kier molecular flexibility index (Phi) is 8.53. The molecule has 0 atom stereocenters. The van der Waals surface area contributed by atoms with E-state index in [9.17, 15) is 49.8 Å². The van der Waals surface area contributed by atoms with Crippen LogP contribution in [0.1, 0.15) is 11.1 Å². The molecule has 2 aromatic carbocycles. The average molecular weight is 476 g/mol. The van der Waals surface area contributed by atoms with Crippen LogP contribution in [0.15, 0.2) is 48.5 Å². The maximum Gasteiger partial charge on any atom is 0.323 e. The molecule has 0 fully saturated rings. The third-order valence-corrected chi connectivity index (χ3v) is 4.91. The Labute approximate surface area is 193 Å². The minimum Gasteiger partial charge on any atom is -0.480 e. The second-order valence-electron chi connectivity index (χ2n) is 7.34. The third kappa shape index (κ3) is 6.21. The maximum atomic E-state index is 11.7. The summed E-state index contributed by atoms with van der Waals surface area (Å²) in [5, 5.41) is 58.9. The number of rotatable bonds is 13. The lowest BCUT2D eigenvalue weighted by Gasteiger charge is -2.35. The zero-order chi connectivity index (χ0) is 25.5. The highest BCUT2D eigenvalue weighted by atomic mass is 16.4. The van der Waals surface area contributed by atoms with Crippen LogP contribution in [0, 0.1) is 0 Å². The summed E-state index contributed by atoms with van der Waals surface area (Å²) in [5.74, 6) is -5.34. The number of nitrogens with zero attached hydrogens (tertiary/aromatic N) is 2. The van der Waals surface area contributed by atoms with Crippen molar-refractivity contribution in [2.45, 2.75) is 5.60 Å². The fraction of sp³-hybridized carbons (Fsp3) is 0.273. The SMILES string of the molecule is O=C(O)CN(CC(=O)O)c1ccccc1C(O)(CO)c1ccccc1N(CC(=O)O)CC(=O)O. The molecule has 0 aromatic heterocycles. The quantitative estimate of drug-likeness (QED) is 0.224. The number of aliphatic hydroxyl groups excluding tert-OH is 1. The molecule has 34 heavy (non-hydrogen) atoms. The van der Waals surface area contributed by atoms with E-state index in [0.717, 1.165) is 9.80 Å². The van der Waals surface area contributed by atoms with E-state index in [1.54, 1.807) is 0 Å². The Morgan fingerprint density at radius 3 is 1.18 bits per heavy atom. The molecule has 0 aliphatic rings. The Bertz CT molecular complexity index is 960. The van der Waals surface area contributed by atoms with Gasteiger partial charge in [-0.15, -0.1) is 0 Å². The Morgan fingerprint density at radius 2 is 0.912 bits per heavy atom. The minimum atomic E-state index is -2.28. The van der Waals surface area contributed by atoms with Gasteiger partial charge in [0.15, 0.2) is 0 Å². The van der Waals surface area contributed by atoms with Crippen molar-refractivity contribution in [3.05, 3.63) is 59.7 Å². The Morgan fingerprint density at radius 1 is 0.618 bits per heavy atom. The van der Waals surface area contributed by atoms with Gasteiger partial charge in [0.1, 0.15) is 31.8 Å². The van der Waals surface area contributed by atoms with Gasteiger partial charge < -0.3 is 40.4 Å². The first kappa shape index (κ1) is 26.1. The van der Waals surface area contributed by atoms with Crippen molar-refractivity contribution in [2.75, 3.05) is 42.6 Å². The van der Waals surface area contributed by atoms with Crippen LogP contribution in [0.5, 0.6) is 0 Å². The van der Waals surface area contributed by atoms with E-state index in [4.69, 9.17) is 0 Å². The van der Waals surface area contributed by atoms with Gasteiger partial charge in [0, 0.05) is 22.5 Å². The zero-order valence-corrected chi connectivity index (χ0v) is 17.9. The van der Waals surface area contributed by atoms with Crippen molar-refractivity contribution in [3.8, 4) is 0 Å². The molecular formula is C22H24N2O10. The first-order chi connectivity index (χ1) is 16.0. The summed E-state index contributed by atoms with van der Waals surface area (Å²) in [5.41, 5.74) is -2.39. The van der Waals surface area contributed by atoms with Gasteiger partial charge >= 0.3 is 23.9 Å². The Balaban J connectivity index is 2.73. The molecule has 0 amide bonds. The van der Waals surface area contributed by atoms with Crippen molar-refractivity contribution in [3.63, 3.8) is 0 Å². The van der Waals surface area contributed by atoms with E-state index < -0.39 is 62.3 Å². The van der Waals surface area contributed by atoms with Gasteiger partial charge in [-0.05, 0) is 12.1 Å². The summed E-state index contributed by atoms with van der Waals surface area (Å²) in [4.78, 5) is 47.4. The van der Waals surface area contributed by atoms with E-state index in [0.29, 0.717) is 0 Å². The standard InChI is InChI=1S/C22H24N2O10/c25-13-22(34,14-5-1-3-7-16(14)23(9-18(26)27)10-19(28)29)15-6-2-4-8-17(15)24(11-20(30)31)12-21(32)33/h1-8,25,34H,9-13H2,(H,26,27)(H,28,29)(H,30,31)(H,32,33). The molecule has 0 spiro atoms. The molecule has 0 heterocycles. The predicted octanol–water partition coefficient (Wildman–Crippen LogP) is -0.134. The molecule has 0 saturated heterocycles. The highest BCUT2D eigenvalue weighted by molar-refractivity contribution is 5.82. The molecule has 0 aliphatic carbocycles. The van der Waals surface area contributed by atoms with E-state index >= 15 is 0 Å². The summed E-state index contributed by atoms with van der Waals surface area (Å²) in [7, 11) is 0. The van der Waals surface area contributed by atoms with Crippen LogP contribution in [0.25, 0.3) is 0 Å². The van der Waals surface area contributed by atoms with Gasteiger partial charge in [-0.2, -0.15) is 0 Å². The topological polar surface area (TPSA) is 196 Å². The molecule has 2 rings (SSSR count). The number of para-hydroxylation sites is 2. The molecule has 0 saturated carbocycles. The second kappa shape index (κ2) is 11.1. The lowest BCUT2D eigenvalue weighted by molar-refractivity contribution is -0.138. The lowest BCUT2D eigenvalue weighted by Crippen LogP contribution is -2.41. The number of aliphatic carboxylic acids is 4. The summed E-state index contributed by atoms with van der Waals surface area (Å²) in [6.45, 7) is -3.87. The van der Waals surface area contributed by atoms with Gasteiger partial charge in [-0.1, -0.05) is 36.4 Å². The molecule has 2 aromatic rings. The van der Waals surface area contributed by atoms with E-state index in [1.807, 2.05) is 0 Å². The van der Waals surface area contributed by atoms with Crippen molar-refractivity contribution in [1.82, 2.24) is 0 Å². The van der Waals surface area contributed by atoms with Gasteiger partial charge in [0.2, 0.25) is 0 Å². The smallest absolute Gasteiger partial charge is 0.323 e. The number of benzene rings is 2. The third-order valence-electron chi connectivity index (χ3n) is 4.91. The fourth-order valence-electron chi connectivity index (χ4n) is 3.62. The highest BCUT2D eigenvalue weighted by Gasteiger charge is 2.38. The number of anilines is 2. The number of hydrogen-bond donors (Lipinski definition) is 6. The highest BCUT2D eigenvalue weighted by Crippen LogP contribution is 2.40. The van der Waals surface area contributed by atoms with Gasteiger partial charge in [0.25, 0.3) is 0 Å². The van der Waals surface area contributed by atoms with E-state index in [2.05, 4.69) is 0 Å². The Hall–Kier alpha value is -4.16. The van der Waals surface area contributed by atoms with Crippen LogP contribution in [0.4, 0.5) is 11.4 Å². The van der Waals surface area contributed by atoms with Crippen LogP contribution in [-0.2, 0) is 24.8 Å². The molecule has 0 radical (unpaired) electrons. The van der Waals surface area contributed by atoms with Crippen LogP contribution in [0.3, 0.4) is 0 Å². The first-order valence-corrected chi connectivity index (χ1v) is 9.89. The van der Waals surface area contributed by atoms with E-state index in [-0.39, 0.29) is 22.5 Å². The number of hydrogen-bond acceptors (Lipinski definition) is 8. The number of aliphatic hydroxyl groups is 2. The monoisotopic (exact) mass is 476 g/mol. The fourth-order valence-corrected chi connectivity index (χ4v) is 3.62. The van der Waals surface area contributed by atoms with Crippen molar-refractivity contribution in [2.24, 2.45) is 0 Å². The summed E-state index contributed by atoms with van der Waals surface area (Å²) >= 11 is 0. The van der Waals surface area contributed by atoms with Gasteiger partial charge in [0.05, 0.1) is 6.61 Å². The molecule has 12 heteroatoms. The van der Waals surface area contributed by atoms with E-state index in [1.165, 1.54) is 48.5 Å². The largest absolute Gasteiger partial charge is 0.480 e. The lowest BCUT2D eigenvalue weighted by atomic mass is 9.84. The van der Waals surface area contributed by atoms with Gasteiger partial charge in [-0.3, -0.25) is 19.2 Å². The molecule has 0 aliphatic heterocycles. The number of carboxylic acid groups (broad SMARTS) is 4. The summed E-state index contributed by atoms with van der Waals surface area (Å²) in [6.07, 6.45) is 0. The van der Waals surface area contributed by atoms with Crippen LogP contribution in [0.2, 0.25) is 0 Å². The molecular weight excluding hydrogens is 452 g/mol. The molecule has 6 N–H and O–H groups in total. The molecule has 182 valence electrons. The molecule has 12 nitrogen and oxygen atoms in total. The van der Waals surface area contributed by atoms with Crippen LogP contribution >= 0.6 is 0 Å². The minimum absolute atomic E-state index is 0.00155. The van der Waals surface area contributed by atoms with Crippen molar-refractivity contribution in [1.29, 1.82) is 0 Å². The van der Waals surface area contributed by atoms with Crippen LogP contribution < -0.4 is 9.80 Å². The van der Waals surface area contributed by atoms with Crippen molar-refractivity contribution >= 4 is 35.3 Å². The maximum absolute atomic E-state index is 11.7. The second-order valence-corrected chi connectivity index (χ2v) is 7.34. The van der Waals surface area contributed by atoms with Crippen molar-refractivity contribution < 1.29 is 49.8 Å². The number of carbonyl (C=O) groups is 4. The predicted molar refractivity (Wildman–Crippen MR) is 118 cm³/mol. The number of carboxylic acids is 4. The van der Waals surface area contributed by atoms with Gasteiger partial charge in [-0.25, -0.2) is 0 Å².